The lowest BCUT2D eigenvalue weighted by atomic mass is 9.88. The van der Waals surface area contributed by atoms with E-state index in [0.717, 1.165) is 24.0 Å². The highest BCUT2D eigenvalue weighted by Crippen LogP contribution is 2.28. The lowest BCUT2D eigenvalue weighted by molar-refractivity contribution is 0.418. The number of aryl methyl sites for hydroxylation is 2. The number of hydrogen-bond acceptors (Lipinski definition) is 1. The fraction of sp³-hybridized carbons (Fsp3) is 0.571. The molecule has 1 rings (SSSR count). The molecular formula is C14H22FN. The van der Waals surface area contributed by atoms with E-state index in [1.165, 1.54) is 0 Å². The van der Waals surface area contributed by atoms with E-state index in [9.17, 15) is 4.39 Å². The van der Waals surface area contributed by atoms with Crippen LogP contribution in [0.15, 0.2) is 12.1 Å². The molecule has 16 heavy (non-hydrogen) atoms. The van der Waals surface area contributed by atoms with Crippen LogP contribution in [0.2, 0.25) is 0 Å². The molecule has 1 aromatic rings. The minimum Gasteiger partial charge on any atom is -0.324 e. The number of nitrogens with two attached hydrogens (primary N) is 1. The molecule has 0 spiro atoms. The van der Waals surface area contributed by atoms with Crippen molar-refractivity contribution in [1.82, 2.24) is 0 Å². The van der Waals surface area contributed by atoms with Gasteiger partial charge in [-0.2, -0.15) is 0 Å². The van der Waals surface area contributed by atoms with Crippen molar-refractivity contribution in [3.05, 3.63) is 34.6 Å². The van der Waals surface area contributed by atoms with E-state index in [1.54, 1.807) is 6.07 Å². The SMILES string of the molecule is CCCC(C)C(N)c1c(C)cc(C)cc1F. The van der Waals surface area contributed by atoms with Crippen LogP contribution in [0.3, 0.4) is 0 Å². The quantitative estimate of drug-likeness (QED) is 0.823. The smallest absolute Gasteiger partial charge is 0.128 e. The summed E-state index contributed by atoms with van der Waals surface area (Å²) in [5.74, 6) is 0.161. The fourth-order valence-electron chi connectivity index (χ4n) is 2.27. The molecule has 1 aromatic carbocycles. The maximum Gasteiger partial charge on any atom is 0.128 e. The van der Waals surface area contributed by atoms with E-state index in [2.05, 4.69) is 13.8 Å². The van der Waals surface area contributed by atoms with Crippen LogP contribution in [0.5, 0.6) is 0 Å². The summed E-state index contributed by atoms with van der Waals surface area (Å²) in [7, 11) is 0. The van der Waals surface area contributed by atoms with Crippen molar-refractivity contribution in [2.75, 3.05) is 0 Å². The Morgan fingerprint density at radius 1 is 1.31 bits per heavy atom. The Balaban J connectivity index is 3.03. The first-order chi connectivity index (χ1) is 7.47. The van der Waals surface area contributed by atoms with Gasteiger partial charge in [-0.05, 0) is 43.4 Å². The molecule has 0 heterocycles. The zero-order chi connectivity index (χ0) is 12.3. The third kappa shape index (κ3) is 2.82. The summed E-state index contributed by atoms with van der Waals surface area (Å²) in [4.78, 5) is 0. The Morgan fingerprint density at radius 3 is 2.44 bits per heavy atom. The normalized spacial score (nSPS) is 14.9. The first kappa shape index (κ1) is 13.2. The minimum absolute atomic E-state index is 0.159. The highest BCUT2D eigenvalue weighted by Gasteiger charge is 2.19. The van der Waals surface area contributed by atoms with Crippen LogP contribution in [0, 0.1) is 25.6 Å². The van der Waals surface area contributed by atoms with Crippen molar-refractivity contribution in [3.8, 4) is 0 Å². The molecule has 2 heteroatoms. The van der Waals surface area contributed by atoms with Gasteiger partial charge in [-0.25, -0.2) is 4.39 Å². The number of hydrogen-bond donors (Lipinski definition) is 1. The van der Waals surface area contributed by atoms with Crippen molar-refractivity contribution in [2.24, 2.45) is 11.7 Å². The van der Waals surface area contributed by atoms with Crippen LogP contribution >= 0.6 is 0 Å². The second-order valence-electron chi connectivity index (χ2n) is 4.77. The summed E-state index contributed by atoms with van der Waals surface area (Å²) in [6.45, 7) is 8.05. The van der Waals surface area contributed by atoms with E-state index < -0.39 is 0 Å². The predicted molar refractivity (Wildman–Crippen MR) is 66.9 cm³/mol. The first-order valence-corrected chi connectivity index (χ1v) is 5.99. The summed E-state index contributed by atoms with van der Waals surface area (Å²) in [6, 6.07) is 3.37. The van der Waals surface area contributed by atoms with Gasteiger partial charge in [-0.15, -0.1) is 0 Å². The minimum atomic E-state index is -0.194. The van der Waals surface area contributed by atoms with Crippen LogP contribution in [-0.4, -0.2) is 0 Å². The lowest BCUT2D eigenvalue weighted by Gasteiger charge is -2.22. The highest BCUT2D eigenvalue weighted by atomic mass is 19.1. The first-order valence-electron chi connectivity index (χ1n) is 5.99. The summed E-state index contributed by atoms with van der Waals surface area (Å²) in [6.07, 6.45) is 2.12. The monoisotopic (exact) mass is 223 g/mol. The van der Waals surface area contributed by atoms with Gasteiger partial charge in [0, 0.05) is 11.6 Å². The van der Waals surface area contributed by atoms with Crippen molar-refractivity contribution in [2.45, 2.75) is 46.6 Å². The Kier molecular flexibility index (Phi) is 4.48. The zero-order valence-electron chi connectivity index (χ0n) is 10.7. The zero-order valence-corrected chi connectivity index (χ0v) is 10.7. The number of rotatable bonds is 4. The van der Waals surface area contributed by atoms with Gasteiger partial charge in [0.05, 0.1) is 0 Å². The highest BCUT2D eigenvalue weighted by molar-refractivity contribution is 5.34. The third-order valence-corrected chi connectivity index (χ3v) is 3.17. The van der Waals surface area contributed by atoms with Crippen LogP contribution in [0.1, 0.15) is 49.4 Å². The molecule has 2 atom stereocenters. The van der Waals surface area contributed by atoms with Gasteiger partial charge >= 0.3 is 0 Å². The van der Waals surface area contributed by atoms with Crippen LogP contribution < -0.4 is 5.73 Å². The van der Waals surface area contributed by atoms with Gasteiger partial charge in [0.25, 0.3) is 0 Å². The topological polar surface area (TPSA) is 26.0 Å². The molecule has 0 aliphatic rings. The molecule has 2 unspecified atom stereocenters. The van der Waals surface area contributed by atoms with E-state index in [0.29, 0.717) is 11.5 Å². The molecule has 0 aliphatic heterocycles. The summed E-state index contributed by atoms with van der Waals surface area (Å²) in [5.41, 5.74) is 8.74. The Morgan fingerprint density at radius 2 is 1.94 bits per heavy atom. The van der Waals surface area contributed by atoms with E-state index in [1.807, 2.05) is 19.9 Å². The molecule has 0 aliphatic carbocycles. The molecular weight excluding hydrogens is 201 g/mol. The van der Waals surface area contributed by atoms with Gasteiger partial charge < -0.3 is 5.73 Å². The second-order valence-corrected chi connectivity index (χ2v) is 4.77. The third-order valence-electron chi connectivity index (χ3n) is 3.17. The standard InChI is InChI=1S/C14H22FN/c1-5-6-10(3)14(16)13-11(4)7-9(2)8-12(13)15/h7-8,10,14H,5-6,16H2,1-4H3. The molecule has 0 saturated carbocycles. The molecule has 0 radical (unpaired) electrons. The largest absolute Gasteiger partial charge is 0.324 e. The molecule has 0 bridgehead atoms. The van der Waals surface area contributed by atoms with E-state index >= 15 is 0 Å². The van der Waals surface area contributed by atoms with Crippen molar-refractivity contribution in [3.63, 3.8) is 0 Å². The lowest BCUT2D eigenvalue weighted by Crippen LogP contribution is -2.21. The van der Waals surface area contributed by atoms with Gasteiger partial charge in [-0.1, -0.05) is 26.3 Å². The predicted octanol–water partition coefficient (Wildman–Crippen LogP) is 3.88. The molecule has 0 aromatic heterocycles. The maximum absolute atomic E-state index is 13.9. The average Bonchev–Trinajstić information content (AvgIpc) is 2.16. The van der Waals surface area contributed by atoms with E-state index in [4.69, 9.17) is 5.73 Å². The summed E-state index contributed by atoms with van der Waals surface area (Å²) < 4.78 is 13.9. The molecule has 2 N–H and O–H groups in total. The average molecular weight is 223 g/mol. The van der Waals surface area contributed by atoms with Gasteiger partial charge in [0.1, 0.15) is 5.82 Å². The van der Waals surface area contributed by atoms with Gasteiger partial charge in [-0.3, -0.25) is 0 Å². The Bertz CT molecular complexity index is 337. The van der Waals surface area contributed by atoms with Crippen molar-refractivity contribution in [1.29, 1.82) is 0 Å². The van der Waals surface area contributed by atoms with Crippen molar-refractivity contribution < 1.29 is 4.39 Å². The maximum atomic E-state index is 13.9. The Labute approximate surface area is 97.9 Å². The molecule has 1 nitrogen and oxygen atoms in total. The van der Waals surface area contributed by atoms with E-state index in [-0.39, 0.29) is 11.9 Å². The molecule has 0 amide bonds. The fourth-order valence-corrected chi connectivity index (χ4v) is 2.27. The molecule has 0 fully saturated rings. The molecule has 90 valence electrons. The van der Waals surface area contributed by atoms with Crippen LogP contribution in [0.4, 0.5) is 4.39 Å². The van der Waals surface area contributed by atoms with Gasteiger partial charge in [0.15, 0.2) is 0 Å². The van der Waals surface area contributed by atoms with Crippen LogP contribution in [0.25, 0.3) is 0 Å². The van der Waals surface area contributed by atoms with Gasteiger partial charge in [0.2, 0.25) is 0 Å². The number of halogens is 1. The summed E-state index contributed by atoms with van der Waals surface area (Å²) in [5, 5.41) is 0. The second kappa shape index (κ2) is 5.44. The van der Waals surface area contributed by atoms with Crippen molar-refractivity contribution >= 4 is 0 Å². The van der Waals surface area contributed by atoms with Crippen LogP contribution in [-0.2, 0) is 0 Å². The Hall–Kier alpha value is -0.890. The molecule has 0 saturated heterocycles. The number of benzene rings is 1. The summed E-state index contributed by atoms with van der Waals surface area (Å²) >= 11 is 0.